The van der Waals surface area contributed by atoms with Gasteiger partial charge in [-0.15, -0.1) is 0 Å². The SMILES string of the molecule is COc1ccc(NC(=O)[C@H]2CC=CC3CCN(c4ccccc4)C(=O)C32)cc1. The number of nitrogens with one attached hydrogen (secondary N) is 1. The van der Waals surface area contributed by atoms with Crippen molar-refractivity contribution in [2.24, 2.45) is 17.8 Å². The highest BCUT2D eigenvalue weighted by Gasteiger charge is 2.44. The third-order valence-electron chi connectivity index (χ3n) is 5.67. The first-order chi connectivity index (χ1) is 13.7. The van der Waals surface area contributed by atoms with Crippen molar-refractivity contribution in [3.05, 3.63) is 66.7 Å². The number of benzene rings is 2. The van der Waals surface area contributed by atoms with Gasteiger partial charge < -0.3 is 15.0 Å². The maximum Gasteiger partial charge on any atom is 0.231 e. The van der Waals surface area contributed by atoms with Gasteiger partial charge in [0.1, 0.15) is 5.75 Å². The van der Waals surface area contributed by atoms with Gasteiger partial charge in [0.05, 0.1) is 18.9 Å². The molecule has 2 aromatic carbocycles. The number of hydrogen-bond acceptors (Lipinski definition) is 3. The van der Waals surface area contributed by atoms with Crippen molar-refractivity contribution in [3.63, 3.8) is 0 Å². The van der Waals surface area contributed by atoms with Crippen LogP contribution < -0.4 is 15.0 Å². The topological polar surface area (TPSA) is 58.6 Å². The Balaban J connectivity index is 1.54. The van der Waals surface area contributed by atoms with Gasteiger partial charge in [0.2, 0.25) is 11.8 Å². The van der Waals surface area contributed by atoms with Crippen molar-refractivity contribution in [1.29, 1.82) is 0 Å². The molecule has 4 rings (SSSR count). The normalized spacial score (nSPS) is 23.8. The van der Waals surface area contributed by atoms with Gasteiger partial charge in [-0.1, -0.05) is 30.4 Å². The summed E-state index contributed by atoms with van der Waals surface area (Å²) >= 11 is 0. The molecule has 2 aliphatic rings. The molecule has 2 unspecified atom stereocenters. The van der Waals surface area contributed by atoms with Crippen LogP contribution in [0.15, 0.2) is 66.7 Å². The summed E-state index contributed by atoms with van der Waals surface area (Å²) in [6.45, 7) is 0.682. The molecule has 28 heavy (non-hydrogen) atoms. The third kappa shape index (κ3) is 3.52. The smallest absolute Gasteiger partial charge is 0.231 e. The average Bonchev–Trinajstić information content (AvgIpc) is 2.75. The summed E-state index contributed by atoms with van der Waals surface area (Å²) in [7, 11) is 1.61. The number of amides is 2. The monoisotopic (exact) mass is 376 g/mol. The van der Waals surface area contributed by atoms with Crippen LogP contribution in [0.1, 0.15) is 12.8 Å². The predicted octanol–water partition coefficient (Wildman–Crippen LogP) is 3.88. The van der Waals surface area contributed by atoms with Crippen molar-refractivity contribution in [2.75, 3.05) is 23.9 Å². The van der Waals surface area contributed by atoms with E-state index in [1.165, 1.54) is 0 Å². The first-order valence-corrected chi connectivity index (χ1v) is 9.65. The van der Waals surface area contributed by atoms with Crippen LogP contribution in [0.2, 0.25) is 0 Å². The molecule has 1 saturated heterocycles. The van der Waals surface area contributed by atoms with Gasteiger partial charge in [0, 0.05) is 17.9 Å². The molecular formula is C23H24N2O3. The van der Waals surface area contributed by atoms with Gasteiger partial charge in [0.25, 0.3) is 0 Å². The average molecular weight is 376 g/mol. The molecule has 5 heteroatoms. The lowest BCUT2D eigenvalue weighted by Crippen LogP contribution is -2.51. The number of ether oxygens (including phenoxy) is 1. The Morgan fingerprint density at radius 1 is 1.11 bits per heavy atom. The minimum absolute atomic E-state index is 0.0432. The molecule has 0 bridgehead atoms. The number of allylic oxidation sites excluding steroid dienone is 2. The molecule has 5 nitrogen and oxygen atoms in total. The lowest BCUT2D eigenvalue weighted by molar-refractivity contribution is -0.133. The zero-order chi connectivity index (χ0) is 19.5. The predicted molar refractivity (Wildman–Crippen MR) is 109 cm³/mol. The highest BCUT2D eigenvalue weighted by molar-refractivity contribution is 6.02. The Morgan fingerprint density at radius 3 is 2.57 bits per heavy atom. The van der Waals surface area contributed by atoms with Crippen LogP contribution in [-0.2, 0) is 9.59 Å². The first-order valence-electron chi connectivity index (χ1n) is 9.65. The summed E-state index contributed by atoms with van der Waals surface area (Å²) in [6.07, 6.45) is 5.61. The number of carbonyl (C=O) groups is 2. The van der Waals surface area contributed by atoms with Gasteiger partial charge in [-0.05, 0) is 55.2 Å². The maximum atomic E-state index is 13.3. The molecular weight excluding hydrogens is 352 g/mol. The van der Waals surface area contributed by atoms with Crippen LogP contribution >= 0.6 is 0 Å². The Morgan fingerprint density at radius 2 is 1.86 bits per heavy atom. The summed E-state index contributed by atoms with van der Waals surface area (Å²) in [5.41, 5.74) is 1.61. The molecule has 3 atom stereocenters. The number of fused-ring (bicyclic) bond motifs is 1. The van der Waals surface area contributed by atoms with Gasteiger partial charge in [0.15, 0.2) is 0 Å². The number of rotatable bonds is 4. The van der Waals surface area contributed by atoms with Gasteiger partial charge in [-0.25, -0.2) is 0 Å². The second kappa shape index (κ2) is 7.89. The maximum absolute atomic E-state index is 13.3. The van der Waals surface area contributed by atoms with Gasteiger partial charge in [-0.2, -0.15) is 0 Å². The Hall–Kier alpha value is -3.08. The van der Waals surface area contributed by atoms with Crippen molar-refractivity contribution < 1.29 is 14.3 Å². The van der Waals surface area contributed by atoms with Crippen LogP contribution in [0.4, 0.5) is 11.4 Å². The summed E-state index contributed by atoms with van der Waals surface area (Å²) in [5, 5.41) is 2.97. The van der Waals surface area contributed by atoms with Crippen LogP contribution in [-0.4, -0.2) is 25.5 Å². The Labute approximate surface area is 165 Å². The van der Waals surface area contributed by atoms with Crippen molar-refractivity contribution in [2.45, 2.75) is 12.8 Å². The standard InChI is InChI=1S/C23H24N2O3/c1-28-19-12-10-17(11-13-19)24-22(26)20-9-5-6-16-14-15-25(23(27)21(16)20)18-7-3-2-4-8-18/h2-8,10-13,16,20-21H,9,14-15H2,1H3,(H,24,26)/t16?,20-,21?/m0/s1. The van der Waals surface area contributed by atoms with E-state index in [9.17, 15) is 9.59 Å². The van der Waals surface area contributed by atoms with Gasteiger partial charge in [-0.3, -0.25) is 9.59 Å². The molecule has 2 amide bonds. The van der Waals surface area contributed by atoms with E-state index < -0.39 is 0 Å². The van der Waals surface area contributed by atoms with Crippen LogP contribution in [0, 0.1) is 17.8 Å². The Bertz CT molecular complexity index is 876. The second-order valence-electron chi connectivity index (χ2n) is 7.29. The summed E-state index contributed by atoms with van der Waals surface area (Å²) in [6, 6.07) is 16.9. The molecule has 1 N–H and O–H groups in total. The van der Waals surface area contributed by atoms with E-state index in [-0.39, 0.29) is 29.6 Å². The zero-order valence-electron chi connectivity index (χ0n) is 15.9. The molecule has 1 heterocycles. The minimum Gasteiger partial charge on any atom is -0.497 e. The van der Waals surface area contributed by atoms with E-state index in [2.05, 4.69) is 11.4 Å². The molecule has 0 radical (unpaired) electrons. The lowest BCUT2D eigenvalue weighted by Gasteiger charge is -2.41. The van der Waals surface area contributed by atoms with Crippen molar-refractivity contribution in [1.82, 2.24) is 0 Å². The fourth-order valence-electron chi connectivity index (χ4n) is 4.21. The quantitative estimate of drug-likeness (QED) is 0.824. The fourth-order valence-corrected chi connectivity index (χ4v) is 4.21. The van der Waals surface area contributed by atoms with E-state index >= 15 is 0 Å². The highest BCUT2D eigenvalue weighted by atomic mass is 16.5. The minimum atomic E-state index is -0.365. The van der Waals surface area contributed by atoms with Crippen LogP contribution in [0.3, 0.4) is 0 Å². The molecule has 0 saturated carbocycles. The molecule has 1 aliphatic heterocycles. The van der Waals surface area contributed by atoms with Gasteiger partial charge >= 0.3 is 0 Å². The first kappa shape index (κ1) is 18.3. The lowest BCUT2D eigenvalue weighted by atomic mass is 9.71. The molecule has 144 valence electrons. The van der Waals surface area contributed by atoms with E-state index in [0.29, 0.717) is 18.7 Å². The largest absolute Gasteiger partial charge is 0.497 e. The highest BCUT2D eigenvalue weighted by Crippen LogP contribution is 2.39. The van der Waals surface area contributed by atoms with E-state index in [4.69, 9.17) is 4.74 Å². The fraction of sp³-hybridized carbons (Fsp3) is 0.304. The molecule has 0 spiro atoms. The summed E-state index contributed by atoms with van der Waals surface area (Å²) < 4.78 is 5.16. The number of carbonyl (C=O) groups excluding carboxylic acids is 2. The number of anilines is 2. The Kier molecular flexibility index (Phi) is 5.15. The second-order valence-corrected chi connectivity index (χ2v) is 7.29. The van der Waals surface area contributed by atoms with E-state index in [1.54, 1.807) is 7.11 Å². The zero-order valence-corrected chi connectivity index (χ0v) is 15.9. The number of methoxy groups -OCH3 is 1. The number of para-hydroxylation sites is 1. The van der Waals surface area contributed by atoms with Crippen molar-refractivity contribution >= 4 is 23.2 Å². The van der Waals surface area contributed by atoms with Crippen molar-refractivity contribution in [3.8, 4) is 5.75 Å². The molecule has 1 aliphatic carbocycles. The molecule has 1 fully saturated rings. The number of piperidine rings is 1. The van der Waals surface area contributed by atoms with Crippen LogP contribution in [0.25, 0.3) is 0 Å². The number of hydrogen-bond donors (Lipinski definition) is 1. The summed E-state index contributed by atoms with van der Waals surface area (Å²) in [4.78, 5) is 28.2. The number of nitrogens with zero attached hydrogens (tertiary/aromatic N) is 1. The van der Waals surface area contributed by atoms with E-state index in [1.807, 2.05) is 65.6 Å². The molecule has 0 aromatic heterocycles. The van der Waals surface area contributed by atoms with E-state index in [0.717, 1.165) is 17.9 Å². The molecule has 2 aromatic rings. The summed E-state index contributed by atoms with van der Waals surface area (Å²) in [5.74, 6) is 0.107. The third-order valence-corrected chi connectivity index (χ3v) is 5.67. The van der Waals surface area contributed by atoms with Crippen LogP contribution in [0.5, 0.6) is 5.75 Å².